The summed E-state index contributed by atoms with van der Waals surface area (Å²) >= 11 is 1.48. The highest BCUT2D eigenvalue weighted by Gasteiger charge is 2.40. The maximum Gasteiger partial charge on any atom is 0.240 e. The Morgan fingerprint density at radius 3 is 2.54 bits per heavy atom. The van der Waals surface area contributed by atoms with Crippen LogP contribution in [0.25, 0.3) is 11.3 Å². The number of benzene rings is 2. The molecule has 3 heterocycles. The van der Waals surface area contributed by atoms with Gasteiger partial charge in [-0.15, -0.1) is 11.8 Å². The molecule has 0 unspecified atom stereocenters. The van der Waals surface area contributed by atoms with Gasteiger partial charge in [0.2, 0.25) is 11.8 Å². The average molecular weight is 575 g/mol. The fourth-order valence-electron chi connectivity index (χ4n) is 4.88. The number of nitrogens with zero attached hydrogens (tertiary/aromatic N) is 3. The number of hydrogen-bond donors (Lipinski definition) is 1. The summed E-state index contributed by atoms with van der Waals surface area (Å²) in [5.41, 5.74) is 2.86. The van der Waals surface area contributed by atoms with Crippen LogP contribution in [-0.4, -0.2) is 48.1 Å². The molecule has 0 saturated carbocycles. The molecule has 9 nitrogen and oxygen atoms in total. The van der Waals surface area contributed by atoms with Gasteiger partial charge in [0.1, 0.15) is 29.6 Å². The van der Waals surface area contributed by atoms with E-state index in [9.17, 15) is 9.59 Å². The molecule has 1 aliphatic rings. The van der Waals surface area contributed by atoms with Crippen LogP contribution in [-0.2, 0) is 21.7 Å². The minimum atomic E-state index is -0.502. The molecule has 0 radical (unpaired) electrons. The van der Waals surface area contributed by atoms with E-state index in [0.717, 1.165) is 22.4 Å². The lowest BCUT2D eigenvalue weighted by Gasteiger charge is -2.29. The van der Waals surface area contributed by atoms with Crippen LogP contribution in [0.1, 0.15) is 42.9 Å². The van der Waals surface area contributed by atoms with E-state index >= 15 is 0 Å². The molecule has 2 aromatic heterocycles. The highest BCUT2D eigenvalue weighted by Crippen LogP contribution is 2.51. The molecule has 0 spiro atoms. The molecule has 1 atom stereocenters. The second-order valence-electron chi connectivity index (χ2n) is 10.7. The molecule has 4 aromatic rings. The number of amides is 2. The number of methoxy groups -OCH3 is 2. The molecule has 41 heavy (non-hydrogen) atoms. The van der Waals surface area contributed by atoms with E-state index < -0.39 is 5.54 Å². The van der Waals surface area contributed by atoms with E-state index in [4.69, 9.17) is 19.0 Å². The zero-order valence-corrected chi connectivity index (χ0v) is 24.7. The van der Waals surface area contributed by atoms with Gasteiger partial charge in [-0.25, -0.2) is 4.68 Å². The predicted octanol–water partition coefficient (Wildman–Crippen LogP) is 5.40. The van der Waals surface area contributed by atoms with Crippen molar-refractivity contribution in [3.8, 4) is 22.8 Å². The molecule has 1 N–H and O–H groups in total. The van der Waals surface area contributed by atoms with Crippen molar-refractivity contribution in [1.29, 1.82) is 0 Å². The molecular formula is C31H34N4O5S. The largest absolute Gasteiger partial charge is 0.497 e. The minimum absolute atomic E-state index is 0.156. The molecular weight excluding hydrogens is 540 g/mol. The Morgan fingerprint density at radius 2 is 1.88 bits per heavy atom. The number of carbonyl (C=O) groups excluding carboxylic acids is 2. The quantitative estimate of drug-likeness (QED) is 0.301. The summed E-state index contributed by atoms with van der Waals surface area (Å²) in [6, 6.07) is 19.1. The van der Waals surface area contributed by atoms with E-state index in [-0.39, 0.29) is 35.9 Å². The van der Waals surface area contributed by atoms with Crippen LogP contribution in [0.3, 0.4) is 0 Å². The van der Waals surface area contributed by atoms with Gasteiger partial charge in [0.05, 0.1) is 49.3 Å². The zero-order chi connectivity index (χ0) is 29.1. The number of rotatable bonds is 8. The number of carbonyl (C=O) groups is 2. The van der Waals surface area contributed by atoms with Crippen LogP contribution in [0.15, 0.2) is 71.3 Å². The van der Waals surface area contributed by atoms with Crippen LogP contribution in [0.4, 0.5) is 5.82 Å². The van der Waals surface area contributed by atoms with Gasteiger partial charge < -0.3 is 19.2 Å². The third-order valence-electron chi connectivity index (χ3n) is 6.83. The minimum Gasteiger partial charge on any atom is -0.497 e. The lowest BCUT2D eigenvalue weighted by molar-refractivity contribution is -0.123. The Balaban J connectivity index is 1.70. The van der Waals surface area contributed by atoms with Gasteiger partial charge in [0.15, 0.2) is 0 Å². The fraction of sp³-hybridized carbons (Fsp3) is 0.323. The maximum atomic E-state index is 13.8. The van der Waals surface area contributed by atoms with Crippen LogP contribution in [0.2, 0.25) is 0 Å². The fourth-order valence-corrected chi connectivity index (χ4v) is 6.10. The number of anilines is 1. The third-order valence-corrected chi connectivity index (χ3v) is 8.07. The molecule has 0 bridgehead atoms. The predicted molar refractivity (Wildman–Crippen MR) is 159 cm³/mol. The molecule has 2 aromatic carbocycles. The van der Waals surface area contributed by atoms with Crippen molar-refractivity contribution in [2.45, 2.75) is 38.1 Å². The Bertz CT molecular complexity index is 1530. The summed E-state index contributed by atoms with van der Waals surface area (Å²) in [4.78, 5) is 28.6. The van der Waals surface area contributed by atoms with Crippen molar-refractivity contribution in [2.24, 2.45) is 0 Å². The lowest BCUT2D eigenvalue weighted by Crippen LogP contribution is -2.43. The number of furan rings is 1. The number of hydrogen-bond acceptors (Lipinski definition) is 7. The molecule has 10 heteroatoms. The monoisotopic (exact) mass is 574 g/mol. The van der Waals surface area contributed by atoms with Crippen LogP contribution >= 0.6 is 11.8 Å². The lowest BCUT2D eigenvalue weighted by atomic mass is 9.98. The van der Waals surface area contributed by atoms with E-state index in [0.29, 0.717) is 23.1 Å². The number of aromatic nitrogens is 2. The first kappa shape index (κ1) is 28.4. The molecule has 0 fully saturated rings. The summed E-state index contributed by atoms with van der Waals surface area (Å²) in [5.74, 6) is 2.25. The van der Waals surface area contributed by atoms with Gasteiger partial charge in [-0.2, -0.15) is 5.10 Å². The highest BCUT2D eigenvalue weighted by molar-refractivity contribution is 8.00. The standard InChI is InChI=1S/C31H34N4O5S/c1-31(2,3)35-30-27(28(33-35)20-10-7-6-8-11-20)29(23-16-21(38-4)13-14-24(23)39-5)41-19-26(37)34(30)18-25(36)32-17-22-12-9-15-40-22/h6-16,29H,17-19H2,1-5H3,(H,32,36)/t29-/m1/s1. The summed E-state index contributed by atoms with van der Waals surface area (Å²) in [5, 5.41) is 7.66. The second-order valence-corrected chi connectivity index (χ2v) is 11.8. The van der Waals surface area contributed by atoms with Crippen LogP contribution in [0, 0.1) is 0 Å². The maximum absolute atomic E-state index is 13.8. The van der Waals surface area contributed by atoms with E-state index in [1.54, 1.807) is 37.5 Å². The van der Waals surface area contributed by atoms with Gasteiger partial charge >= 0.3 is 0 Å². The zero-order valence-electron chi connectivity index (χ0n) is 23.8. The highest BCUT2D eigenvalue weighted by atomic mass is 32.2. The molecule has 0 aliphatic carbocycles. The molecule has 5 rings (SSSR count). The van der Waals surface area contributed by atoms with Gasteiger partial charge in [0, 0.05) is 16.7 Å². The second kappa shape index (κ2) is 11.7. The van der Waals surface area contributed by atoms with Crippen LogP contribution < -0.4 is 19.7 Å². The molecule has 0 saturated heterocycles. The summed E-state index contributed by atoms with van der Waals surface area (Å²) in [6.07, 6.45) is 1.56. The molecule has 1 aliphatic heterocycles. The number of fused-ring (bicyclic) bond motifs is 1. The first-order valence-corrected chi connectivity index (χ1v) is 14.4. The normalized spacial score (nSPS) is 15.3. The molecule has 2 amide bonds. The van der Waals surface area contributed by atoms with Crippen molar-refractivity contribution in [3.63, 3.8) is 0 Å². The van der Waals surface area contributed by atoms with Crippen molar-refractivity contribution >= 4 is 29.4 Å². The van der Waals surface area contributed by atoms with Gasteiger partial charge in [-0.1, -0.05) is 30.3 Å². The Hall–Kier alpha value is -4.18. The van der Waals surface area contributed by atoms with Gasteiger partial charge in [0.25, 0.3) is 0 Å². The average Bonchev–Trinajstić information content (AvgIpc) is 3.61. The van der Waals surface area contributed by atoms with Gasteiger partial charge in [-0.3, -0.25) is 14.5 Å². The Labute approximate surface area is 243 Å². The first-order chi connectivity index (χ1) is 19.7. The Morgan fingerprint density at radius 1 is 1.10 bits per heavy atom. The number of nitrogens with one attached hydrogen (secondary N) is 1. The third kappa shape index (κ3) is 5.83. The molecule has 214 valence electrons. The SMILES string of the molecule is COc1ccc(OC)c([C@H]2SCC(=O)N(CC(=O)NCc3ccco3)c3c2c(-c2ccccc2)nn3C(C)(C)C)c1. The van der Waals surface area contributed by atoms with Crippen molar-refractivity contribution in [3.05, 3.63) is 83.8 Å². The van der Waals surface area contributed by atoms with E-state index in [1.807, 2.05) is 74.0 Å². The number of ether oxygens (including phenoxy) is 2. The Kier molecular flexibility index (Phi) is 8.12. The van der Waals surface area contributed by atoms with Crippen LogP contribution in [0.5, 0.6) is 11.5 Å². The smallest absolute Gasteiger partial charge is 0.240 e. The first-order valence-electron chi connectivity index (χ1n) is 13.3. The summed E-state index contributed by atoms with van der Waals surface area (Å²) in [7, 11) is 3.25. The number of thioether (sulfide) groups is 1. The summed E-state index contributed by atoms with van der Waals surface area (Å²) in [6.45, 7) is 6.17. The van der Waals surface area contributed by atoms with Crippen molar-refractivity contribution in [1.82, 2.24) is 15.1 Å². The van der Waals surface area contributed by atoms with E-state index in [1.165, 1.54) is 11.8 Å². The van der Waals surface area contributed by atoms with Gasteiger partial charge in [-0.05, 0) is 51.1 Å². The van der Waals surface area contributed by atoms with Crippen molar-refractivity contribution < 1.29 is 23.5 Å². The topological polar surface area (TPSA) is 98.8 Å². The van der Waals surface area contributed by atoms with E-state index in [2.05, 4.69) is 5.32 Å². The summed E-state index contributed by atoms with van der Waals surface area (Å²) < 4.78 is 18.6. The van der Waals surface area contributed by atoms with Crippen molar-refractivity contribution in [2.75, 3.05) is 31.4 Å².